The molecule has 3 N–H and O–H groups in total. The maximum absolute atomic E-state index is 10.6. The van der Waals surface area contributed by atoms with Crippen LogP contribution in [0.1, 0.15) is 87.5 Å². The zero-order valence-corrected chi connectivity index (χ0v) is 34.4. The number of aliphatic imine (C=N–C) groups is 2. The molecule has 0 radical (unpaired) electrons. The molecule has 11 nitrogen and oxygen atoms in total. The summed E-state index contributed by atoms with van der Waals surface area (Å²) in [7, 11) is 1.00. The first kappa shape index (κ1) is 46.8. The standard InChI is InChI=1S/C12H22N2O4.C12H18N2O2.CH4O.CH4.2Rb/c1-11(2)4-8(14-10(17)18)5-12(3,6-11)7-13-9(15)16;1-11(2)4-10(14-9-16)5-12(3,6-11)7-13-8-15;1-2;;;/h8,13-14H,4-7H2,1-3H3,(H,15,16)(H,17,18);10H,4-7H2,1-3H3;2H,1H3;1H4;;/q;;;;2*+1/p-2. The van der Waals surface area contributed by atoms with Crippen molar-refractivity contribution in [3.05, 3.63) is 0 Å². The number of carbonyl (C=O) groups excluding carboxylic acids is 4. The molecule has 0 aromatic heterocycles. The Bertz CT molecular complexity index is 846. The third-order valence-electron chi connectivity index (χ3n) is 6.61. The van der Waals surface area contributed by atoms with E-state index in [-0.39, 0.29) is 164 Å². The third-order valence-corrected chi connectivity index (χ3v) is 6.61. The first-order chi connectivity index (χ1) is 16.5. The predicted octanol–water partition coefficient (Wildman–Crippen LogP) is -4.07. The Morgan fingerprint density at radius 2 is 1.36 bits per heavy atom. The molecule has 0 aliphatic heterocycles. The number of aliphatic hydroxyl groups excluding tert-OH is 1. The summed E-state index contributed by atoms with van der Waals surface area (Å²) in [5.41, 5.74) is -0.275. The number of carbonyl (C=O) groups is 2. The van der Waals surface area contributed by atoms with E-state index in [0.717, 1.165) is 39.2 Å². The van der Waals surface area contributed by atoms with Gasteiger partial charge in [-0.1, -0.05) is 49.0 Å². The SMILES string of the molecule is C.CC1(C)CC(N=C=O)CC(C)(CN=C=O)C1.CC1(C)CC(NC(=O)[O-])CC(C)(CNC(=O)[O-])C1.CO.[Rb+].[Rb+]. The number of rotatable bonds is 6. The van der Waals surface area contributed by atoms with E-state index in [1.807, 2.05) is 20.8 Å². The van der Waals surface area contributed by atoms with Crippen molar-refractivity contribution in [1.82, 2.24) is 10.6 Å². The number of nitrogens with one attached hydrogen (secondary N) is 2. The molecule has 2 amide bonds. The average molecular weight is 698 g/mol. The molecule has 0 spiro atoms. The molecule has 0 bridgehead atoms. The first-order valence-electron chi connectivity index (χ1n) is 12.0. The van der Waals surface area contributed by atoms with Gasteiger partial charge in [0.15, 0.2) is 0 Å². The number of aliphatic hydroxyl groups is 1. The second-order valence-electron chi connectivity index (χ2n) is 12.2. The van der Waals surface area contributed by atoms with Crippen molar-refractivity contribution in [2.45, 2.75) is 99.6 Å². The van der Waals surface area contributed by atoms with Gasteiger partial charge in [-0.2, -0.15) is 0 Å². The van der Waals surface area contributed by atoms with Gasteiger partial charge in [-0.05, 0) is 60.2 Å². The molecule has 39 heavy (non-hydrogen) atoms. The minimum Gasteiger partial charge on any atom is -0.530 e. The Balaban J connectivity index is -0.000000276. The van der Waals surface area contributed by atoms with Gasteiger partial charge in [-0.3, -0.25) is 0 Å². The van der Waals surface area contributed by atoms with Crippen molar-refractivity contribution in [3.8, 4) is 0 Å². The number of nitrogens with zero attached hydrogens (tertiary/aromatic N) is 2. The van der Waals surface area contributed by atoms with E-state index < -0.39 is 12.2 Å². The number of hydrogen-bond acceptors (Lipinski definition) is 9. The normalized spacial score (nSPS) is 27.5. The molecule has 0 heterocycles. The molecule has 2 saturated carbocycles. The van der Waals surface area contributed by atoms with Gasteiger partial charge in [0.2, 0.25) is 12.2 Å². The summed E-state index contributed by atoms with van der Waals surface area (Å²) in [6.07, 6.45) is 5.43. The minimum atomic E-state index is -1.30. The van der Waals surface area contributed by atoms with Crippen LogP contribution in [0.2, 0.25) is 0 Å². The summed E-state index contributed by atoms with van der Waals surface area (Å²) in [6, 6.07) is -0.194. The van der Waals surface area contributed by atoms with E-state index in [2.05, 4.69) is 41.4 Å². The molecule has 2 aliphatic carbocycles. The van der Waals surface area contributed by atoms with Gasteiger partial charge >= 0.3 is 116 Å². The fourth-order valence-corrected chi connectivity index (χ4v) is 6.41. The molecule has 0 aromatic carbocycles. The van der Waals surface area contributed by atoms with Crippen LogP contribution in [0, 0.1) is 21.7 Å². The number of amides is 2. The van der Waals surface area contributed by atoms with Gasteiger partial charge in [0.25, 0.3) is 0 Å². The fraction of sp³-hybridized carbons (Fsp3) is 0.846. The van der Waals surface area contributed by atoms with Crippen molar-refractivity contribution in [1.29, 1.82) is 0 Å². The van der Waals surface area contributed by atoms with Crippen molar-refractivity contribution >= 4 is 24.3 Å². The molecule has 4 atom stereocenters. The van der Waals surface area contributed by atoms with Crippen molar-refractivity contribution in [2.24, 2.45) is 31.6 Å². The van der Waals surface area contributed by atoms with Crippen LogP contribution in [-0.4, -0.2) is 61.7 Å². The monoisotopic (exact) mass is 696 g/mol. The third kappa shape index (κ3) is 20.4. The minimum absolute atomic E-state index is 0. The molecule has 0 aromatic rings. The van der Waals surface area contributed by atoms with Crippen LogP contribution in [-0.2, 0) is 9.59 Å². The van der Waals surface area contributed by atoms with Crippen molar-refractivity contribution < 1.29 is 151 Å². The van der Waals surface area contributed by atoms with Crippen molar-refractivity contribution in [3.63, 3.8) is 0 Å². The Hall–Kier alpha value is 0.870. The molecule has 4 unspecified atom stereocenters. The summed E-state index contributed by atoms with van der Waals surface area (Å²) in [6.45, 7) is 13.2. The van der Waals surface area contributed by atoms with Gasteiger partial charge in [0, 0.05) is 19.7 Å². The van der Waals surface area contributed by atoms with Gasteiger partial charge in [-0.25, -0.2) is 19.6 Å². The number of hydrogen-bond donors (Lipinski definition) is 3. The van der Waals surface area contributed by atoms with Crippen LogP contribution < -0.4 is 137 Å². The number of carboxylic acid groups (broad SMARTS) is 2. The Labute approximate surface area is 331 Å². The van der Waals surface area contributed by atoms with Gasteiger partial charge in [0.1, 0.15) is 12.2 Å². The van der Waals surface area contributed by atoms with Crippen LogP contribution in [0.5, 0.6) is 0 Å². The quantitative estimate of drug-likeness (QED) is 0.186. The molecule has 214 valence electrons. The van der Waals surface area contributed by atoms with Crippen LogP contribution >= 0.6 is 0 Å². The van der Waals surface area contributed by atoms with E-state index in [1.54, 1.807) is 12.2 Å². The fourth-order valence-electron chi connectivity index (χ4n) is 6.41. The summed E-state index contributed by atoms with van der Waals surface area (Å²) in [4.78, 5) is 49.1. The summed E-state index contributed by atoms with van der Waals surface area (Å²) in [5, 5.41) is 32.8. The second-order valence-corrected chi connectivity index (χ2v) is 12.2. The average Bonchev–Trinajstić information content (AvgIpc) is 2.70. The van der Waals surface area contributed by atoms with E-state index in [0.29, 0.717) is 13.0 Å². The number of isocyanates is 2. The van der Waals surface area contributed by atoms with E-state index in [9.17, 15) is 29.4 Å². The van der Waals surface area contributed by atoms with Crippen LogP contribution in [0.25, 0.3) is 0 Å². The largest absolute Gasteiger partial charge is 1.00 e. The van der Waals surface area contributed by atoms with Crippen molar-refractivity contribution in [2.75, 3.05) is 20.2 Å². The zero-order valence-electron chi connectivity index (χ0n) is 24.6. The second kappa shape index (κ2) is 21.5. The topological polar surface area (TPSA) is 183 Å². The van der Waals surface area contributed by atoms with E-state index >= 15 is 0 Å². The molecular formula is C26H46N4O7Rb2. The summed E-state index contributed by atoms with van der Waals surface area (Å²) >= 11 is 0. The van der Waals surface area contributed by atoms with Crippen LogP contribution in [0.15, 0.2) is 9.98 Å². The molecule has 2 rings (SSSR count). The Morgan fingerprint density at radius 1 is 0.846 bits per heavy atom. The van der Waals surface area contributed by atoms with Gasteiger partial charge < -0.3 is 35.5 Å². The molecule has 13 heteroatoms. The molecular weight excluding hydrogens is 651 g/mol. The first-order valence-corrected chi connectivity index (χ1v) is 12.0. The maximum atomic E-state index is 10.6. The molecule has 0 saturated heterocycles. The molecule has 2 aliphatic rings. The Kier molecular flexibility index (Phi) is 25.9. The molecule has 2 fully saturated rings. The van der Waals surface area contributed by atoms with Crippen LogP contribution in [0.3, 0.4) is 0 Å². The van der Waals surface area contributed by atoms with Crippen LogP contribution in [0.4, 0.5) is 9.59 Å². The van der Waals surface area contributed by atoms with Gasteiger partial charge in [0.05, 0.1) is 12.6 Å². The van der Waals surface area contributed by atoms with E-state index in [1.165, 1.54) is 0 Å². The Morgan fingerprint density at radius 3 is 1.82 bits per heavy atom. The summed E-state index contributed by atoms with van der Waals surface area (Å²) in [5.74, 6) is 0. The smallest absolute Gasteiger partial charge is 0.530 e. The zero-order chi connectivity index (χ0) is 28.2. The summed E-state index contributed by atoms with van der Waals surface area (Å²) < 4.78 is 0. The van der Waals surface area contributed by atoms with E-state index in [4.69, 9.17) is 5.11 Å². The van der Waals surface area contributed by atoms with Gasteiger partial charge in [-0.15, -0.1) is 0 Å². The maximum Gasteiger partial charge on any atom is 1.00 e. The predicted molar refractivity (Wildman–Crippen MR) is 137 cm³/mol.